The molecule has 1 unspecified atom stereocenters. The zero-order valence-corrected chi connectivity index (χ0v) is 21.6. The number of nitrogens with zero attached hydrogens (tertiary/aromatic N) is 3. The zero-order valence-electron chi connectivity index (χ0n) is 21.6. The number of methoxy groups -OCH3 is 1. The average molecular weight is 541 g/mol. The molecule has 0 saturated carbocycles. The van der Waals surface area contributed by atoms with Crippen molar-refractivity contribution in [1.29, 1.82) is 0 Å². The predicted octanol–water partition coefficient (Wildman–Crippen LogP) is 3.31. The number of fused-ring (bicyclic) bond motifs is 1. The highest BCUT2D eigenvalue weighted by Crippen LogP contribution is 2.31. The van der Waals surface area contributed by atoms with Crippen LogP contribution in [0.3, 0.4) is 0 Å². The van der Waals surface area contributed by atoms with E-state index in [-0.39, 0.29) is 29.8 Å². The zero-order chi connectivity index (χ0) is 27.9. The van der Waals surface area contributed by atoms with E-state index in [1.54, 1.807) is 16.8 Å². The number of carboxylic acids is 1. The molecule has 1 atom stereocenters. The fourth-order valence-electron chi connectivity index (χ4n) is 4.41. The van der Waals surface area contributed by atoms with Crippen LogP contribution in [0, 0.1) is 11.6 Å². The number of carboxylic acid groups (broad SMARTS) is 1. The van der Waals surface area contributed by atoms with Gasteiger partial charge in [-0.25, -0.2) is 14.4 Å². The number of ether oxygens (including phenoxy) is 1. The SMILES string of the molecule is CCC1=CC(Nc2nccn3c(-c4ccc(OC)c(F)c4F)cnc23)CC=C1C(=O)NCCCNCC(=O)O. The van der Waals surface area contributed by atoms with Gasteiger partial charge < -0.3 is 25.8 Å². The Bertz CT molecular complexity index is 1440. The maximum absolute atomic E-state index is 14.8. The highest BCUT2D eigenvalue weighted by molar-refractivity contribution is 5.98. The normalized spacial score (nSPS) is 15.0. The number of halogens is 2. The van der Waals surface area contributed by atoms with Crippen LogP contribution in [-0.2, 0) is 9.59 Å². The molecule has 39 heavy (non-hydrogen) atoms. The smallest absolute Gasteiger partial charge is 0.317 e. The van der Waals surface area contributed by atoms with Crippen LogP contribution < -0.4 is 20.7 Å². The summed E-state index contributed by atoms with van der Waals surface area (Å²) in [6, 6.07) is 2.64. The van der Waals surface area contributed by atoms with Gasteiger partial charge in [-0.15, -0.1) is 0 Å². The number of carbonyl (C=O) groups is 2. The number of anilines is 1. The molecule has 2 aromatic heterocycles. The first-order valence-electron chi connectivity index (χ1n) is 12.6. The largest absolute Gasteiger partial charge is 0.494 e. The van der Waals surface area contributed by atoms with Gasteiger partial charge in [0.2, 0.25) is 5.82 Å². The Morgan fingerprint density at radius 3 is 2.77 bits per heavy atom. The minimum Gasteiger partial charge on any atom is -0.494 e. The quantitative estimate of drug-likeness (QED) is 0.258. The van der Waals surface area contributed by atoms with Crippen LogP contribution in [0.5, 0.6) is 5.75 Å². The molecule has 1 aromatic carbocycles. The number of amides is 1. The second-order valence-corrected chi connectivity index (χ2v) is 8.89. The van der Waals surface area contributed by atoms with Gasteiger partial charge in [0.15, 0.2) is 23.0 Å². The topological polar surface area (TPSA) is 130 Å². The summed E-state index contributed by atoms with van der Waals surface area (Å²) in [4.78, 5) is 32.1. The Balaban J connectivity index is 1.45. The van der Waals surface area contributed by atoms with E-state index in [1.165, 1.54) is 25.4 Å². The van der Waals surface area contributed by atoms with Crippen molar-refractivity contribution in [3.63, 3.8) is 0 Å². The highest BCUT2D eigenvalue weighted by atomic mass is 19.2. The molecule has 0 fully saturated rings. The molecule has 0 bridgehead atoms. The summed E-state index contributed by atoms with van der Waals surface area (Å²) < 4.78 is 35.6. The van der Waals surface area contributed by atoms with Gasteiger partial charge in [-0.2, -0.15) is 4.39 Å². The summed E-state index contributed by atoms with van der Waals surface area (Å²) in [5.41, 5.74) is 2.34. The molecular formula is C27H30F2N6O4. The molecule has 1 amide bonds. The van der Waals surface area contributed by atoms with Crippen LogP contribution in [0.1, 0.15) is 26.2 Å². The maximum Gasteiger partial charge on any atom is 0.317 e. The van der Waals surface area contributed by atoms with Crippen molar-refractivity contribution in [3.8, 4) is 17.0 Å². The molecular weight excluding hydrogens is 510 g/mol. The Morgan fingerprint density at radius 1 is 1.21 bits per heavy atom. The van der Waals surface area contributed by atoms with Crippen LogP contribution in [0.15, 0.2) is 54.0 Å². The maximum atomic E-state index is 14.8. The minimum absolute atomic E-state index is 0.0417. The van der Waals surface area contributed by atoms with Crippen molar-refractivity contribution >= 4 is 23.3 Å². The summed E-state index contributed by atoms with van der Waals surface area (Å²) in [5, 5.41) is 17.6. The van der Waals surface area contributed by atoms with Gasteiger partial charge in [-0.3, -0.25) is 14.0 Å². The van der Waals surface area contributed by atoms with Gasteiger partial charge >= 0.3 is 5.97 Å². The van der Waals surface area contributed by atoms with Crippen LogP contribution in [0.25, 0.3) is 16.9 Å². The molecule has 10 nitrogen and oxygen atoms in total. The first-order chi connectivity index (χ1) is 18.8. The van der Waals surface area contributed by atoms with E-state index >= 15 is 0 Å². The molecule has 0 saturated heterocycles. The van der Waals surface area contributed by atoms with Crippen LogP contribution in [-0.4, -0.2) is 64.1 Å². The molecule has 1 aliphatic rings. The van der Waals surface area contributed by atoms with E-state index < -0.39 is 17.6 Å². The van der Waals surface area contributed by atoms with Gasteiger partial charge in [-0.05, 0) is 43.5 Å². The Labute approximate surface area is 223 Å². The van der Waals surface area contributed by atoms with Gasteiger partial charge in [0.1, 0.15) is 0 Å². The summed E-state index contributed by atoms with van der Waals surface area (Å²) in [5.74, 6) is -2.92. The second-order valence-electron chi connectivity index (χ2n) is 8.89. The summed E-state index contributed by atoms with van der Waals surface area (Å²) in [7, 11) is 1.27. The molecule has 2 heterocycles. The third-order valence-corrected chi connectivity index (χ3v) is 6.33. The number of imidazole rings is 1. The molecule has 4 N–H and O–H groups in total. The first kappa shape index (κ1) is 27.7. The molecule has 0 aliphatic heterocycles. The Morgan fingerprint density at radius 2 is 2.03 bits per heavy atom. The van der Waals surface area contributed by atoms with E-state index in [9.17, 15) is 18.4 Å². The lowest BCUT2D eigenvalue weighted by atomic mass is 9.92. The lowest BCUT2D eigenvalue weighted by molar-refractivity contribution is -0.136. The van der Waals surface area contributed by atoms with Crippen molar-refractivity contribution in [3.05, 3.63) is 65.7 Å². The third kappa shape index (κ3) is 6.23. The van der Waals surface area contributed by atoms with Gasteiger partial charge in [0.25, 0.3) is 5.91 Å². The standard InChI is InChI=1S/C27H30F2N6O4/c1-3-16-13-17(5-6-18(16)27(38)32-10-4-9-30-15-22(36)37)34-25-26-33-14-20(35(26)12-11-31-25)19-7-8-21(39-2)24(29)23(19)28/h6-8,11-14,17,30H,3-5,9-10,15H2,1-2H3,(H,31,34)(H,32,38)(H,36,37). The van der Waals surface area contributed by atoms with Crippen molar-refractivity contribution < 1.29 is 28.2 Å². The van der Waals surface area contributed by atoms with Crippen molar-refractivity contribution in [1.82, 2.24) is 25.0 Å². The first-order valence-corrected chi connectivity index (χ1v) is 12.6. The fraction of sp³-hybridized carbons (Fsp3) is 0.333. The van der Waals surface area contributed by atoms with Crippen LogP contribution >= 0.6 is 0 Å². The van der Waals surface area contributed by atoms with E-state index in [0.29, 0.717) is 55.1 Å². The molecule has 4 rings (SSSR count). The number of aliphatic carboxylic acids is 1. The average Bonchev–Trinajstić information content (AvgIpc) is 3.36. The van der Waals surface area contributed by atoms with E-state index in [1.807, 2.05) is 19.1 Å². The number of carbonyl (C=O) groups excluding carboxylic acids is 1. The van der Waals surface area contributed by atoms with Gasteiger partial charge in [0, 0.05) is 30.1 Å². The predicted molar refractivity (Wildman–Crippen MR) is 142 cm³/mol. The fourth-order valence-corrected chi connectivity index (χ4v) is 4.41. The van der Waals surface area contributed by atoms with Crippen molar-refractivity contribution in [2.45, 2.75) is 32.2 Å². The number of benzene rings is 1. The monoisotopic (exact) mass is 540 g/mol. The molecule has 1 aliphatic carbocycles. The van der Waals surface area contributed by atoms with Crippen molar-refractivity contribution in [2.24, 2.45) is 0 Å². The number of rotatable bonds is 12. The van der Waals surface area contributed by atoms with E-state index in [0.717, 1.165) is 5.57 Å². The van der Waals surface area contributed by atoms with Crippen LogP contribution in [0.4, 0.5) is 14.6 Å². The third-order valence-electron chi connectivity index (χ3n) is 6.33. The van der Waals surface area contributed by atoms with Crippen molar-refractivity contribution in [2.75, 3.05) is 32.1 Å². The molecule has 12 heteroatoms. The van der Waals surface area contributed by atoms with E-state index in [2.05, 4.69) is 25.9 Å². The van der Waals surface area contributed by atoms with Gasteiger partial charge in [-0.1, -0.05) is 19.1 Å². The number of hydrogen-bond acceptors (Lipinski definition) is 7. The lowest BCUT2D eigenvalue weighted by Gasteiger charge is -2.22. The number of hydrogen-bond donors (Lipinski definition) is 4. The number of aromatic nitrogens is 3. The molecule has 0 spiro atoms. The summed E-state index contributed by atoms with van der Waals surface area (Å²) in [6.07, 6.45) is 10.3. The number of nitrogens with one attached hydrogen (secondary N) is 3. The molecule has 0 radical (unpaired) electrons. The molecule has 206 valence electrons. The van der Waals surface area contributed by atoms with E-state index in [4.69, 9.17) is 9.84 Å². The van der Waals surface area contributed by atoms with Gasteiger partial charge in [0.05, 0.1) is 31.6 Å². The second kappa shape index (κ2) is 12.5. The highest BCUT2D eigenvalue weighted by Gasteiger charge is 2.22. The Kier molecular flexibility index (Phi) is 8.87. The van der Waals surface area contributed by atoms with Crippen LogP contribution in [0.2, 0.25) is 0 Å². The minimum atomic E-state index is -1.07. The lowest BCUT2D eigenvalue weighted by Crippen LogP contribution is -2.32. The summed E-state index contributed by atoms with van der Waals surface area (Å²) in [6.45, 7) is 2.76. The Hall–Kier alpha value is -4.32. The summed E-state index contributed by atoms with van der Waals surface area (Å²) >= 11 is 0. The molecule has 3 aromatic rings.